The number of aliphatic hydroxyl groups is 1. The van der Waals surface area contributed by atoms with Gasteiger partial charge in [-0.15, -0.1) is 0 Å². The molecule has 1 atom stereocenters. The van der Waals surface area contributed by atoms with Crippen LogP contribution in [-0.4, -0.2) is 42.8 Å². The van der Waals surface area contributed by atoms with Crippen molar-refractivity contribution in [2.24, 2.45) is 5.92 Å². The van der Waals surface area contributed by atoms with Crippen LogP contribution in [0.1, 0.15) is 33.1 Å². The molecule has 0 spiro atoms. The zero-order valence-electron chi connectivity index (χ0n) is 9.73. The summed E-state index contributed by atoms with van der Waals surface area (Å²) in [6.07, 6.45) is 3.82. The van der Waals surface area contributed by atoms with E-state index in [1.165, 1.54) is 10.6 Å². The Morgan fingerprint density at radius 1 is 1.47 bits per heavy atom. The minimum Gasteiger partial charge on any atom is -0.390 e. The Kier molecular flexibility index (Phi) is 3.79. The molecule has 1 N–H and O–H groups in total. The number of hydrogen-bond donors (Lipinski definition) is 1. The first-order chi connectivity index (χ1) is 6.68. The van der Waals surface area contributed by atoms with Gasteiger partial charge in [-0.3, -0.25) is 0 Å². The third kappa shape index (κ3) is 4.49. The van der Waals surface area contributed by atoms with E-state index in [1.54, 1.807) is 13.8 Å². The van der Waals surface area contributed by atoms with Crippen LogP contribution in [-0.2, 0) is 10.0 Å². The highest BCUT2D eigenvalue weighted by Crippen LogP contribution is 2.26. The van der Waals surface area contributed by atoms with Crippen LogP contribution in [0.4, 0.5) is 0 Å². The van der Waals surface area contributed by atoms with Crippen molar-refractivity contribution < 1.29 is 13.5 Å². The zero-order chi connectivity index (χ0) is 11.7. The summed E-state index contributed by atoms with van der Waals surface area (Å²) in [5, 5.41) is 9.69. The van der Waals surface area contributed by atoms with Crippen LogP contribution in [0, 0.1) is 5.92 Å². The molecule has 1 heterocycles. The van der Waals surface area contributed by atoms with Crippen LogP contribution >= 0.6 is 0 Å². The number of sulfonamides is 1. The Bertz CT molecular complexity index is 305. The lowest BCUT2D eigenvalue weighted by Gasteiger charge is -2.33. The molecule has 90 valence electrons. The number of nitrogens with zero attached hydrogens (tertiary/aromatic N) is 1. The van der Waals surface area contributed by atoms with Crippen molar-refractivity contribution >= 4 is 10.0 Å². The van der Waals surface area contributed by atoms with Gasteiger partial charge in [0, 0.05) is 13.1 Å². The molecule has 1 aliphatic rings. The van der Waals surface area contributed by atoms with E-state index in [2.05, 4.69) is 0 Å². The topological polar surface area (TPSA) is 57.6 Å². The van der Waals surface area contributed by atoms with Crippen LogP contribution in [0.3, 0.4) is 0 Å². The predicted octanol–water partition coefficient (Wildman–Crippen LogP) is 0.819. The van der Waals surface area contributed by atoms with Gasteiger partial charge in [0.05, 0.1) is 11.9 Å². The SMILES string of the molecule is CC(C)(O)CC1CCCN(S(C)(=O)=O)C1. The van der Waals surface area contributed by atoms with E-state index < -0.39 is 15.6 Å². The Morgan fingerprint density at radius 3 is 2.53 bits per heavy atom. The lowest BCUT2D eigenvalue weighted by atomic mass is 9.88. The monoisotopic (exact) mass is 235 g/mol. The van der Waals surface area contributed by atoms with Gasteiger partial charge in [0.25, 0.3) is 0 Å². The fraction of sp³-hybridized carbons (Fsp3) is 1.00. The van der Waals surface area contributed by atoms with Crippen molar-refractivity contribution in [2.45, 2.75) is 38.7 Å². The summed E-state index contributed by atoms with van der Waals surface area (Å²) in [5.74, 6) is 0.286. The molecule has 4 nitrogen and oxygen atoms in total. The number of hydrogen-bond acceptors (Lipinski definition) is 3. The van der Waals surface area contributed by atoms with Crippen LogP contribution < -0.4 is 0 Å². The van der Waals surface area contributed by atoms with Gasteiger partial charge in [-0.1, -0.05) is 0 Å². The van der Waals surface area contributed by atoms with Crippen molar-refractivity contribution in [3.8, 4) is 0 Å². The highest BCUT2D eigenvalue weighted by molar-refractivity contribution is 7.88. The summed E-state index contributed by atoms with van der Waals surface area (Å²) in [6, 6.07) is 0. The highest BCUT2D eigenvalue weighted by atomic mass is 32.2. The molecule has 0 saturated carbocycles. The summed E-state index contributed by atoms with van der Waals surface area (Å²) < 4.78 is 24.2. The second-order valence-corrected chi connectivity index (χ2v) is 7.13. The molecule has 1 rings (SSSR count). The van der Waals surface area contributed by atoms with Gasteiger partial charge in [-0.25, -0.2) is 12.7 Å². The normalized spacial score (nSPS) is 25.5. The maximum atomic E-state index is 11.4. The molecule has 0 radical (unpaired) electrons. The Labute approximate surface area is 92.3 Å². The van der Waals surface area contributed by atoms with Gasteiger partial charge in [0.1, 0.15) is 0 Å². The smallest absolute Gasteiger partial charge is 0.211 e. The Balaban J connectivity index is 2.57. The van der Waals surface area contributed by atoms with Crippen molar-refractivity contribution in [1.82, 2.24) is 4.31 Å². The van der Waals surface area contributed by atoms with Gasteiger partial charge in [0.15, 0.2) is 0 Å². The van der Waals surface area contributed by atoms with E-state index in [1.807, 2.05) is 0 Å². The summed E-state index contributed by atoms with van der Waals surface area (Å²) >= 11 is 0. The second kappa shape index (κ2) is 4.39. The van der Waals surface area contributed by atoms with E-state index >= 15 is 0 Å². The van der Waals surface area contributed by atoms with Crippen molar-refractivity contribution in [1.29, 1.82) is 0 Å². The molecular formula is C10H21NO3S. The quantitative estimate of drug-likeness (QED) is 0.788. The van der Waals surface area contributed by atoms with Crippen molar-refractivity contribution in [3.63, 3.8) is 0 Å². The largest absolute Gasteiger partial charge is 0.390 e. The highest BCUT2D eigenvalue weighted by Gasteiger charge is 2.29. The van der Waals surface area contributed by atoms with E-state index in [-0.39, 0.29) is 5.92 Å². The molecule has 15 heavy (non-hydrogen) atoms. The lowest BCUT2D eigenvalue weighted by molar-refractivity contribution is 0.0424. The van der Waals surface area contributed by atoms with Crippen molar-refractivity contribution in [2.75, 3.05) is 19.3 Å². The molecule has 1 unspecified atom stereocenters. The minimum absolute atomic E-state index is 0.286. The fourth-order valence-electron chi connectivity index (χ4n) is 2.20. The molecule has 1 aliphatic heterocycles. The van der Waals surface area contributed by atoms with Gasteiger partial charge in [-0.05, 0) is 39.0 Å². The Morgan fingerprint density at radius 2 is 2.07 bits per heavy atom. The first kappa shape index (κ1) is 12.9. The van der Waals surface area contributed by atoms with Crippen LogP contribution in [0.2, 0.25) is 0 Å². The molecular weight excluding hydrogens is 214 g/mol. The molecule has 0 bridgehead atoms. The van der Waals surface area contributed by atoms with E-state index in [0.717, 1.165) is 12.8 Å². The summed E-state index contributed by atoms with van der Waals surface area (Å²) in [6.45, 7) is 4.72. The van der Waals surface area contributed by atoms with E-state index in [4.69, 9.17) is 0 Å². The van der Waals surface area contributed by atoms with Crippen LogP contribution in [0.5, 0.6) is 0 Å². The summed E-state index contributed by atoms with van der Waals surface area (Å²) in [7, 11) is -3.06. The molecule has 0 aromatic rings. The maximum absolute atomic E-state index is 11.4. The van der Waals surface area contributed by atoms with Crippen molar-refractivity contribution in [3.05, 3.63) is 0 Å². The number of piperidine rings is 1. The number of rotatable bonds is 3. The third-order valence-electron chi connectivity index (χ3n) is 2.74. The summed E-state index contributed by atoms with van der Waals surface area (Å²) in [4.78, 5) is 0. The fourth-order valence-corrected chi connectivity index (χ4v) is 3.14. The molecule has 0 aromatic heterocycles. The third-order valence-corrected chi connectivity index (χ3v) is 4.01. The van der Waals surface area contributed by atoms with E-state index in [0.29, 0.717) is 19.5 Å². The Hall–Kier alpha value is -0.130. The average Bonchev–Trinajstić information content (AvgIpc) is 1.99. The molecule has 0 aromatic carbocycles. The maximum Gasteiger partial charge on any atom is 0.211 e. The minimum atomic E-state index is -3.06. The predicted molar refractivity (Wildman–Crippen MR) is 60.1 cm³/mol. The van der Waals surface area contributed by atoms with Gasteiger partial charge in [-0.2, -0.15) is 0 Å². The standard InChI is InChI=1S/C10H21NO3S/c1-10(2,12)7-9-5-4-6-11(8-9)15(3,13)14/h9,12H,4-8H2,1-3H3. The lowest BCUT2D eigenvalue weighted by Crippen LogP contribution is -2.41. The molecule has 0 aliphatic carbocycles. The molecule has 5 heteroatoms. The first-order valence-corrected chi connectivity index (χ1v) is 7.21. The second-order valence-electron chi connectivity index (χ2n) is 5.15. The average molecular weight is 235 g/mol. The molecule has 0 amide bonds. The van der Waals surface area contributed by atoms with Gasteiger partial charge >= 0.3 is 0 Å². The van der Waals surface area contributed by atoms with Gasteiger partial charge in [0.2, 0.25) is 10.0 Å². The van der Waals surface area contributed by atoms with E-state index in [9.17, 15) is 13.5 Å². The summed E-state index contributed by atoms with van der Waals surface area (Å²) in [5.41, 5.74) is -0.703. The first-order valence-electron chi connectivity index (χ1n) is 5.36. The molecule has 1 fully saturated rings. The zero-order valence-corrected chi connectivity index (χ0v) is 10.5. The van der Waals surface area contributed by atoms with Crippen LogP contribution in [0.25, 0.3) is 0 Å². The molecule has 1 saturated heterocycles. The van der Waals surface area contributed by atoms with Crippen LogP contribution in [0.15, 0.2) is 0 Å². The van der Waals surface area contributed by atoms with Gasteiger partial charge < -0.3 is 5.11 Å².